The van der Waals surface area contributed by atoms with Crippen LogP contribution in [0.4, 0.5) is 8.78 Å². The SMILES string of the molecule is O=C(O)C1(c2cc(F)cc(F)c2Cl)CC1. The largest absolute Gasteiger partial charge is 0.481 e. The predicted molar refractivity (Wildman–Crippen MR) is 49.9 cm³/mol. The molecule has 0 amide bonds. The Morgan fingerprint density at radius 1 is 1.40 bits per heavy atom. The molecule has 15 heavy (non-hydrogen) atoms. The van der Waals surface area contributed by atoms with Crippen LogP contribution in [0.15, 0.2) is 12.1 Å². The second-order valence-electron chi connectivity index (χ2n) is 3.64. The zero-order chi connectivity index (χ0) is 11.2. The first-order valence-corrected chi connectivity index (χ1v) is 4.73. The van der Waals surface area contributed by atoms with Gasteiger partial charge in [-0.15, -0.1) is 0 Å². The van der Waals surface area contributed by atoms with Gasteiger partial charge < -0.3 is 5.11 Å². The van der Waals surface area contributed by atoms with Gasteiger partial charge in [-0.3, -0.25) is 4.79 Å². The van der Waals surface area contributed by atoms with E-state index in [0.29, 0.717) is 18.9 Å². The lowest BCUT2D eigenvalue weighted by atomic mass is 9.96. The van der Waals surface area contributed by atoms with E-state index < -0.39 is 23.0 Å². The number of halogens is 3. The van der Waals surface area contributed by atoms with Gasteiger partial charge in [0, 0.05) is 6.07 Å². The molecule has 1 fully saturated rings. The fourth-order valence-corrected chi connectivity index (χ4v) is 1.92. The molecule has 0 radical (unpaired) electrons. The van der Waals surface area contributed by atoms with E-state index in [4.69, 9.17) is 16.7 Å². The summed E-state index contributed by atoms with van der Waals surface area (Å²) in [6.45, 7) is 0. The molecule has 0 unspecified atom stereocenters. The van der Waals surface area contributed by atoms with Crippen molar-refractivity contribution in [2.75, 3.05) is 0 Å². The lowest BCUT2D eigenvalue weighted by Crippen LogP contribution is -2.20. The van der Waals surface area contributed by atoms with Crippen LogP contribution >= 0.6 is 11.6 Å². The normalized spacial score (nSPS) is 17.5. The van der Waals surface area contributed by atoms with Crippen molar-refractivity contribution in [2.24, 2.45) is 0 Å². The maximum Gasteiger partial charge on any atom is 0.314 e. The first-order chi connectivity index (χ1) is 6.97. The Kier molecular flexibility index (Phi) is 2.19. The van der Waals surface area contributed by atoms with Gasteiger partial charge in [-0.2, -0.15) is 0 Å². The number of rotatable bonds is 2. The minimum atomic E-state index is -1.18. The van der Waals surface area contributed by atoms with Gasteiger partial charge in [0.05, 0.1) is 10.4 Å². The molecule has 0 bridgehead atoms. The van der Waals surface area contributed by atoms with Crippen LogP contribution in [0.5, 0.6) is 0 Å². The van der Waals surface area contributed by atoms with Gasteiger partial charge in [-0.25, -0.2) is 8.78 Å². The third-order valence-electron chi connectivity index (χ3n) is 2.67. The number of carboxylic acids is 1. The van der Waals surface area contributed by atoms with Crippen LogP contribution in [-0.2, 0) is 10.2 Å². The van der Waals surface area contributed by atoms with E-state index in [1.807, 2.05) is 0 Å². The van der Waals surface area contributed by atoms with Gasteiger partial charge in [0.25, 0.3) is 0 Å². The Balaban J connectivity index is 2.58. The molecule has 1 saturated carbocycles. The van der Waals surface area contributed by atoms with E-state index in [0.717, 1.165) is 6.07 Å². The highest BCUT2D eigenvalue weighted by molar-refractivity contribution is 6.32. The van der Waals surface area contributed by atoms with Crippen LogP contribution in [0.1, 0.15) is 18.4 Å². The summed E-state index contributed by atoms with van der Waals surface area (Å²) in [6.07, 6.45) is 0.732. The molecule has 0 aromatic heterocycles. The van der Waals surface area contributed by atoms with Crippen LogP contribution in [0, 0.1) is 11.6 Å². The molecule has 1 aliphatic rings. The van der Waals surface area contributed by atoms with Crippen molar-refractivity contribution in [3.05, 3.63) is 34.4 Å². The van der Waals surface area contributed by atoms with E-state index >= 15 is 0 Å². The molecular formula is C10H7ClF2O2. The highest BCUT2D eigenvalue weighted by atomic mass is 35.5. The van der Waals surface area contributed by atoms with Crippen molar-refractivity contribution in [2.45, 2.75) is 18.3 Å². The summed E-state index contributed by atoms with van der Waals surface area (Å²) >= 11 is 5.63. The topological polar surface area (TPSA) is 37.3 Å². The standard InChI is InChI=1S/C10H7ClF2O2/c11-8-6(3-5(12)4-7(8)13)10(1-2-10)9(14)15/h3-4H,1-2H2,(H,14,15). The number of benzene rings is 1. The Labute approximate surface area is 89.5 Å². The van der Waals surface area contributed by atoms with E-state index in [1.165, 1.54) is 0 Å². The van der Waals surface area contributed by atoms with Gasteiger partial charge in [-0.1, -0.05) is 11.6 Å². The monoisotopic (exact) mass is 232 g/mol. The quantitative estimate of drug-likeness (QED) is 0.796. The summed E-state index contributed by atoms with van der Waals surface area (Å²) in [4.78, 5) is 11.0. The molecule has 1 N–H and O–H groups in total. The Hall–Kier alpha value is -1.16. The zero-order valence-corrected chi connectivity index (χ0v) is 8.31. The predicted octanol–water partition coefficient (Wildman–Crippen LogP) is 2.73. The third kappa shape index (κ3) is 1.49. The van der Waals surface area contributed by atoms with Gasteiger partial charge in [0.1, 0.15) is 11.6 Å². The first-order valence-electron chi connectivity index (χ1n) is 4.36. The number of hydrogen-bond donors (Lipinski definition) is 1. The molecule has 80 valence electrons. The summed E-state index contributed by atoms with van der Waals surface area (Å²) in [7, 11) is 0. The summed E-state index contributed by atoms with van der Waals surface area (Å²) in [6, 6.07) is 1.64. The molecule has 1 aromatic rings. The number of hydrogen-bond acceptors (Lipinski definition) is 1. The molecule has 5 heteroatoms. The fraction of sp³-hybridized carbons (Fsp3) is 0.300. The summed E-state index contributed by atoms with van der Waals surface area (Å²) in [5.41, 5.74) is -1.14. The lowest BCUT2D eigenvalue weighted by Gasteiger charge is -2.12. The van der Waals surface area contributed by atoms with Gasteiger partial charge in [0.15, 0.2) is 0 Å². The summed E-state index contributed by atoms with van der Waals surface area (Å²) in [5.74, 6) is -2.81. The van der Waals surface area contributed by atoms with Crippen molar-refractivity contribution in [3.8, 4) is 0 Å². The van der Waals surface area contributed by atoms with Crippen LogP contribution in [0.2, 0.25) is 5.02 Å². The number of carbonyl (C=O) groups is 1. The van der Waals surface area contributed by atoms with Crippen LogP contribution in [0.3, 0.4) is 0 Å². The van der Waals surface area contributed by atoms with Crippen molar-refractivity contribution in [1.82, 2.24) is 0 Å². The summed E-state index contributed by atoms with van der Waals surface area (Å²) in [5, 5.41) is 8.66. The molecule has 0 aliphatic heterocycles. The van der Waals surface area contributed by atoms with Crippen molar-refractivity contribution in [3.63, 3.8) is 0 Å². The molecular weight excluding hydrogens is 226 g/mol. The van der Waals surface area contributed by atoms with E-state index in [9.17, 15) is 13.6 Å². The van der Waals surface area contributed by atoms with Gasteiger partial charge in [-0.05, 0) is 24.5 Å². The average molecular weight is 233 g/mol. The van der Waals surface area contributed by atoms with Crippen molar-refractivity contribution >= 4 is 17.6 Å². The molecule has 0 atom stereocenters. The molecule has 0 spiro atoms. The molecule has 2 rings (SSSR count). The third-order valence-corrected chi connectivity index (χ3v) is 3.05. The van der Waals surface area contributed by atoms with Crippen LogP contribution < -0.4 is 0 Å². The highest BCUT2D eigenvalue weighted by Gasteiger charge is 2.53. The van der Waals surface area contributed by atoms with Crippen molar-refractivity contribution in [1.29, 1.82) is 0 Å². The minimum absolute atomic E-state index is 0.0363. The van der Waals surface area contributed by atoms with Gasteiger partial charge >= 0.3 is 5.97 Å². The maximum absolute atomic E-state index is 13.1. The maximum atomic E-state index is 13.1. The zero-order valence-electron chi connectivity index (χ0n) is 7.56. The number of aliphatic carboxylic acids is 1. The first kappa shape index (κ1) is 10.4. The van der Waals surface area contributed by atoms with Crippen LogP contribution in [-0.4, -0.2) is 11.1 Å². The second-order valence-corrected chi connectivity index (χ2v) is 4.01. The molecule has 0 saturated heterocycles. The minimum Gasteiger partial charge on any atom is -0.481 e. The number of carboxylic acid groups (broad SMARTS) is 1. The van der Waals surface area contributed by atoms with E-state index in [2.05, 4.69) is 0 Å². The fourth-order valence-electron chi connectivity index (χ4n) is 1.63. The molecule has 0 heterocycles. The van der Waals surface area contributed by atoms with E-state index in [-0.39, 0.29) is 10.6 Å². The average Bonchev–Trinajstić information content (AvgIpc) is 2.91. The van der Waals surface area contributed by atoms with E-state index in [1.54, 1.807) is 0 Å². The molecule has 1 aliphatic carbocycles. The lowest BCUT2D eigenvalue weighted by molar-refractivity contribution is -0.140. The Bertz CT molecular complexity index is 441. The van der Waals surface area contributed by atoms with Gasteiger partial charge in [0.2, 0.25) is 0 Å². The summed E-state index contributed by atoms with van der Waals surface area (Å²) < 4.78 is 26.0. The Morgan fingerprint density at radius 2 is 2.00 bits per heavy atom. The highest BCUT2D eigenvalue weighted by Crippen LogP contribution is 2.51. The second kappa shape index (κ2) is 3.17. The van der Waals surface area contributed by atoms with Crippen molar-refractivity contribution < 1.29 is 18.7 Å². The Morgan fingerprint density at radius 3 is 2.47 bits per heavy atom. The molecule has 2 nitrogen and oxygen atoms in total. The molecule has 1 aromatic carbocycles. The van der Waals surface area contributed by atoms with Crippen LogP contribution in [0.25, 0.3) is 0 Å². The smallest absolute Gasteiger partial charge is 0.314 e.